The second-order valence-electron chi connectivity index (χ2n) is 7.03. The summed E-state index contributed by atoms with van der Waals surface area (Å²) in [5.74, 6) is -0.228. The maximum Gasteiger partial charge on any atom is 0.269 e. The van der Waals surface area contributed by atoms with Gasteiger partial charge in [-0.1, -0.05) is 12.1 Å². The first-order valence-corrected chi connectivity index (χ1v) is 12.1. The average molecular weight is 529 g/mol. The van der Waals surface area contributed by atoms with E-state index in [1.54, 1.807) is 43.5 Å². The zero-order chi connectivity index (χ0) is 25.8. The number of methoxy groups -OCH3 is 2. The third-order valence-corrected chi connectivity index (χ3v) is 6.36. The number of thiazole rings is 1. The molecule has 0 aliphatic heterocycles. The fourth-order valence-electron chi connectivity index (χ4n) is 3.10. The van der Waals surface area contributed by atoms with Crippen LogP contribution in [0.5, 0.6) is 23.1 Å². The molecular weight excluding hydrogens is 508 g/mol. The molecule has 1 aromatic carbocycles. The van der Waals surface area contributed by atoms with E-state index in [1.165, 1.54) is 37.8 Å². The quantitative estimate of drug-likeness (QED) is 0.307. The van der Waals surface area contributed by atoms with E-state index in [0.717, 1.165) is 9.18 Å². The van der Waals surface area contributed by atoms with Gasteiger partial charge in [0, 0.05) is 22.8 Å². The lowest BCUT2D eigenvalue weighted by Crippen LogP contribution is -2.22. The topological polar surface area (TPSA) is 163 Å². The van der Waals surface area contributed by atoms with E-state index in [2.05, 4.69) is 19.9 Å². The van der Waals surface area contributed by atoms with E-state index in [9.17, 15) is 13.6 Å². The highest BCUT2D eigenvalue weighted by atomic mass is 32.2. The SMILES string of the molecule is COc1ccccc1Oc1c(OC)nc(-c2ccnc(C(N)=O)c2)nc1N(c1ncc(C)s1)S(=O)O. The molecule has 0 saturated carbocycles. The number of pyridine rings is 1. The first kappa shape index (κ1) is 25.0. The number of anilines is 2. The van der Waals surface area contributed by atoms with Crippen molar-refractivity contribution in [1.29, 1.82) is 0 Å². The van der Waals surface area contributed by atoms with Gasteiger partial charge in [0.05, 0.1) is 14.2 Å². The van der Waals surface area contributed by atoms with Gasteiger partial charge in [-0.25, -0.2) is 14.2 Å². The van der Waals surface area contributed by atoms with Crippen LogP contribution in [0.3, 0.4) is 0 Å². The molecule has 0 fully saturated rings. The maximum atomic E-state index is 12.6. The first-order chi connectivity index (χ1) is 17.3. The van der Waals surface area contributed by atoms with Crippen LogP contribution in [0.4, 0.5) is 10.9 Å². The molecule has 12 nitrogen and oxygen atoms in total. The van der Waals surface area contributed by atoms with E-state index in [1.807, 2.05) is 0 Å². The fraction of sp³-hybridized carbons (Fsp3) is 0.136. The molecule has 3 heterocycles. The van der Waals surface area contributed by atoms with Crippen molar-refractivity contribution in [3.63, 3.8) is 0 Å². The van der Waals surface area contributed by atoms with Gasteiger partial charge < -0.3 is 19.9 Å². The molecule has 0 spiro atoms. The van der Waals surface area contributed by atoms with Crippen molar-refractivity contribution < 1.29 is 27.8 Å². The Morgan fingerprint density at radius 3 is 2.47 bits per heavy atom. The minimum atomic E-state index is -2.62. The molecule has 14 heteroatoms. The summed E-state index contributed by atoms with van der Waals surface area (Å²) >= 11 is -1.44. The Morgan fingerprint density at radius 2 is 1.86 bits per heavy atom. The fourth-order valence-corrected chi connectivity index (χ4v) is 4.52. The summed E-state index contributed by atoms with van der Waals surface area (Å²) in [5, 5.41) is 0.178. The predicted molar refractivity (Wildman–Crippen MR) is 133 cm³/mol. The van der Waals surface area contributed by atoms with Crippen molar-refractivity contribution in [2.45, 2.75) is 6.92 Å². The van der Waals surface area contributed by atoms with E-state index in [4.69, 9.17) is 19.9 Å². The molecule has 0 saturated heterocycles. The smallest absolute Gasteiger partial charge is 0.269 e. The van der Waals surface area contributed by atoms with Crippen LogP contribution in [0, 0.1) is 6.92 Å². The van der Waals surface area contributed by atoms with Gasteiger partial charge >= 0.3 is 0 Å². The average Bonchev–Trinajstić information content (AvgIpc) is 3.30. The second-order valence-corrected chi connectivity index (χ2v) is 9.07. The van der Waals surface area contributed by atoms with Gasteiger partial charge in [0.1, 0.15) is 5.69 Å². The summed E-state index contributed by atoms with van der Waals surface area (Å²) in [5.41, 5.74) is 5.72. The summed E-state index contributed by atoms with van der Waals surface area (Å²) in [6.07, 6.45) is 2.93. The van der Waals surface area contributed by atoms with Crippen LogP contribution < -0.4 is 24.2 Å². The largest absolute Gasteiger partial charge is 0.493 e. The number of primary amides is 1. The zero-order valence-electron chi connectivity index (χ0n) is 19.2. The molecule has 3 N–H and O–H groups in total. The van der Waals surface area contributed by atoms with Crippen LogP contribution >= 0.6 is 11.3 Å². The number of hydrogen-bond donors (Lipinski definition) is 2. The number of rotatable bonds is 9. The summed E-state index contributed by atoms with van der Waals surface area (Å²) in [4.78, 5) is 29.5. The molecule has 1 atom stereocenters. The number of ether oxygens (including phenoxy) is 3. The Hall–Kier alpha value is -4.14. The number of carbonyl (C=O) groups excluding carboxylic acids is 1. The highest BCUT2D eigenvalue weighted by Crippen LogP contribution is 2.45. The van der Waals surface area contributed by atoms with Crippen LogP contribution in [0.2, 0.25) is 0 Å². The lowest BCUT2D eigenvalue weighted by atomic mass is 10.2. The monoisotopic (exact) mass is 528 g/mol. The minimum Gasteiger partial charge on any atom is -0.493 e. The number of nitrogens with two attached hydrogens (primary N) is 1. The van der Waals surface area contributed by atoms with Gasteiger partial charge in [0.2, 0.25) is 10.9 Å². The molecule has 0 radical (unpaired) electrons. The molecule has 1 amide bonds. The van der Waals surface area contributed by atoms with Gasteiger partial charge in [-0.3, -0.25) is 14.3 Å². The van der Waals surface area contributed by atoms with Crippen molar-refractivity contribution in [1.82, 2.24) is 19.9 Å². The summed E-state index contributed by atoms with van der Waals surface area (Å²) in [7, 11) is 2.84. The number of carbonyl (C=O) groups is 1. The van der Waals surface area contributed by atoms with Crippen LogP contribution in [-0.2, 0) is 11.3 Å². The van der Waals surface area contributed by atoms with Crippen LogP contribution in [0.25, 0.3) is 11.4 Å². The summed E-state index contributed by atoms with van der Waals surface area (Å²) < 4.78 is 40.8. The number of hydrogen-bond acceptors (Lipinski definition) is 10. The van der Waals surface area contributed by atoms with Gasteiger partial charge in [0.25, 0.3) is 23.1 Å². The van der Waals surface area contributed by atoms with Crippen molar-refractivity contribution in [3.05, 3.63) is 59.4 Å². The van der Waals surface area contributed by atoms with E-state index < -0.39 is 17.2 Å². The molecule has 3 aromatic heterocycles. The van der Waals surface area contributed by atoms with E-state index in [0.29, 0.717) is 11.3 Å². The molecule has 4 rings (SSSR count). The van der Waals surface area contributed by atoms with Crippen molar-refractivity contribution in [3.8, 4) is 34.5 Å². The number of benzene rings is 1. The van der Waals surface area contributed by atoms with Gasteiger partial charge in [-0.05, 0) is 31.2 Å². The molecular formula is C22H20N6O6S2. The molecule has 1 unspecified atom stereocenters. The Bertz CT molecular complexity index is 1450. The summed E-state index contributed by atoms with van der Waals surface area (Å²) in [6.45, 7) is 1.81. The van der Waals surface area contributed by atoms with Crippen LogP contribution in [0.1, 0.15) is 15.4 Å². The molecule has 36 heavy (non-hydrogen) atoms. The lowest BCUT2D eigenvalue weighted by molar-refractivity contribution is 0.0995. The standard InChI is InChI=1S/C22H20N6O6S2/c1-12-11-25-22(35-12)28(36(30)31)20-17(34-16-7-5-4-6-15(16)32-2)21(33-3)27-19(26-20)13-8-9-24-14(10-13)18(23)29/h4-11H,1-3H3,(H2,23,29)(H,30,31). The van der Waals surface area contributed by atoms with Gasteiger partial charge in [-0.15, -0.1) is 11.3 Å². The molecule has 0 bridgehead atoms. The highest BCUT2D eigenvalue weighted by Gasteiger charge is 2.30. The van der Waals surface area contributed by atoms with Crippen LogP contribution in [-0.4, -0.2) is 48.8 Å². The number of nitrogens with zero attached hydrogens (tertiary/aromatic N) is 5. The third kappa shape index (κ3) is 5.10. The van der Waals surface area contributed by atoms with Crippen molar-refractivity contribution in [2.75, 3.05) is 18.5 Å². The number of aromatic nitrogens is 4. The Morgan fingerprint density at radius 1 is 1.11 bits per heavy atom. The Labute approximate surface area is 212 Å². The maximum absolute atomic E-state index is 12.6. The van der Waals surface area contributed by atoms with E-state index >= 15 is 0 Å². The molecule has 186 valence electrons. The Balaban J connectivity index is 1.98. The zero-order valence-corrected chi connectivity index (χ0v) is 20.9. The first-order valence-electron chi connectivity index (χ1n) is 10.2. The van der Waals surface area contributed by atoms with Gasteiger partial charge in [-0.2, -0.15) is 9.29 Å². The Kier molecular flexibility index (Phi) is 7.38. The second kappa shape index (κ2) is 10.6. The molecule has 0 aliphatic carbocycles. The highest BCUT2D eigenvalue weighted by molar-refractivity contribution is 7.81. The number of amides is 1. The van der Waals surface area contributed by atoms with Gasteiger partial charge in [0.15, 0.2) is 23.1 Å². The molecule has 0 aliphatic rings. The molecule has 4 aromatic rings. The number of aryl methyl sites for hydroxylation is 1. The predicted octanol–water partition coefficient (Wildman–Crippen LogP) is 3.49. The van der Waals surface area contributed by atoms with Crippen molar-refractivity contribution >= 4 is 39.5 Å². The van der Waals surface area contributed by atoms with E-state index in [-0.39, 0.29) is 39.8 Å². The van der Waals surface area contributed by atoms with Crippen molar-refractivity contribution in [2.24, 2.45) is 5.73 Å². The van der Waals surface area contributed by atoms with Crippen LogP contribution in [0.15, 0.2) is 48.8 Å². The normalized spacial score (nSPS) is 11.6. The summed E-state index contributed by atoms with van der Waals surface area (Å²) in [6, 6.07) is 9.77. The third-order valence-electron chi connectivity index (χ3n) is 4.69. The lowest BCUT2D eigenvalue weighted by Gasteiger charge is -2.21. The number of para-hydroxylation sites is 2. The minimum absolute atomic E-state index is 0.0101.